The van der Waals surface area contributed by atoms with Gasteiger partial charge in [-0.15, -0.1) is 0 Å². The van der Waals surface area contributed by atoms with Crippen molar-refractivity contribution in [1.29, 1.82) is 0 Å². The number of nitrogens with zero attached hydrogens (tertiary/aromatic N) is 2. The van der Waals surface area contributed by atoms with E-state index in [0.717, 1.165) is 34.4 Å². The van der Waals surface area contributed by atoms with Gasteiger partial charge in [0.05, 0.1) is 10.6 Å². The molecule has 0 radical (unpaired) electrons. The average Bonchev–Trinajstić information content (AvgIpc) is 3.12. The summed E-state index contributed by atoms with van der Waals surface area (Å²) in [5.74, 6) is -0.316. The van der Waals surface area contributed by atoms with Gasteiger partial charge in [0.2, 0.25) is 0 Å². The maximum absolute atomic E-state index is 12.9. The SMILES string of the molecule is Cc1ccc(-n2c(C)cc(/C=C3\SC(=O)N(c4ccc(Cl)cc4)C3=O)c2C)c(C)c1. The number of thioether (sulfide) groups is 1. The highest BCUT2D eigenvalue weighted by atomic mass is 35.5. The van der Waals surface area contributed by atoms with Crippen molar-refractivity contribution in [3.05, 3.63) is 86.5 Å². The van der Waals surface area contributed by atoms with Crippen LogP contribution in [0.4, 0.5) is 10.5 Å². The second kappa shape index (κ2) is 7.82. The highest BCUT2D eigenvalue weighted by molar-refractivity contribution is 8.19. The van der Waals surface area contributed by atoms with Crippen LogP contribution in [0.1, 0.15) is 28.1 Å². The third-order valence-corrected chi connectivity index (χ3v) is 6.35. The third kappa shape index (κ3) is 3.59. The number of imide groups is 1. The van der Waals surface area contributed by atoms with Gasteiger partial charge >= 0.3 is 0 Å². The number of amides is 2. The summed E-state index contributed by atoms with van der Waals surface area (Å²) in [5.41, 5.74) is 7.06. The molecular weight excluding hydrogens is 416 g/mol. The molecule has 0 bridgehead atoms. The van der Waals surface area contributed by atoms with Crippen LogP contribution in [-0.4, -0.2) is 15.7 Å². The van der Waals surface area contributed by atoms with Gasteiger partial charge in [-0.05, 0) is 93.1 Å². The number of carbonyl (C=O) groups excluding carboxylic acids is 2. The summed E-state index contributed by atoms with van der Waals surface area (Å²) in [6.07, 6.45) is 1.81. The number of hydrogen-bond donors (Lipinski definition) is 0. The van der Waals surface area contributed by atoms with E-state index in [4.69, 9.17) is 11.6 Å². The van der Waals surface area contributed by atoms with Crippen LogP contribution < -0.4 is 4.90 Å². The summed E-state index contributed by atoms with van der Waals surface area (Å²) in [6.45, 7) is 8.25. The molecule has 0 aliphatic carbocycles. The Morgan fingerprint density at radius 3 is 2.30 bits per heavy atom. The lowest BCUT2D eigenvalue weighted by Gasteiger charge is -2.13. The van der Waals surface area contributed by atoms with Gasteiger partial charge in [-0.3, -0.25) is 9.59 Å². The highest BCUT2D eigenvalue weighted by Gasteiger charge is 2.36. The number of aryl methyl sites for hydroxylation is 3. The topological polar surface area (TPSA) is 42.3 Å². The molecule has 2 heterocycles. The molecule has 2 aromatic carbocycles. The minimum absolute atomic E-state index is 0.309. The van der Waals surface area contributed by atoms with E-state index in [1.807, 2.05) is 26.0 Å². The van der Waals surface area contributed by atoms with Gasteiger partial charge in [-0.2, -0.15) is 0 Å². The molecule has 0 N–H and O–H groups in total. The first-order valence-corrected chi connectivity index (χ1v) is 10.8. The molecular formula is C24H21ClN2O2S. The van der Waals surface area contributed by atoms with Crippen molar-refractivity contribution in [3.63, 3.8) is 0 Å². The van der Waals surface area contributed by atoms with Gasteiger partial charge in [0.1, 0.15) is 0 Å². The van der Waals surface area contributed by atoms with E-state index in [1.165, 1.54) is 16.0 Å². The first-order valence-electron chi connectivity index (χ1n) is 9.56. The molecule has 0 atom stereocenters. The molecule has 0 spiro atoms. The molecule has 1 aliphatic rings. The molecule has 4 rings (SSSR count). The number of rotatable bonds is 3. The van der Waals surface area contributed by atoms with Crippen LogP contribution in [0, 0.1) is 27.7 Å². The van der Waals surface area contributed by atoms with Crippen molar-refractivity contribution in [2.24, 2.45) is 0 Å². The largest absolute Gasteiger partial charge is 0.318 e. The number of aromatic nitrogens is 1. The maximum atomic E-state index is 12.9. The Morgan fingerprint density at radius 1 is 0.933 bits per heavy atom. The Bertz CT molecular complexity index is 1210. The lowest BCUT2D eigenvalue weighted by atomic mass is 10.1. The molecule has 6 heteroatoms. The normalized spacial score (nSPS) is 15.5. The summed E-state index contributed by atoms with van der Waals surface area (Å²) in [5, 5.41) is 0.247. The van der Waals surface area contributed by atoms with Crippen LogP contribution >= 0.6 is 23.4 Å². The van der Waals surface area contributed by atoms with Gasteiger partial charge in [0, 0.05) is 22.1 Å². The quantitative estimate of drug-likeness (QED) is 0.434. The van der Waals surface area contributed by atoms with Gasteiger partial charge in [-0.1, -0.05) is 29.3 Å². The highest BCUT2D eigenvalue weighted by Crippen LogP contribution is 2.37. The van der Waals surface area contributed by atoms with Gasteiger partial charge in [-0.25, -0.2) is 4.90 Å². The molecule has 1 aliphatic heterocycles. The van der Waals surface area contributed by atoms with E-state index in [-0.39, 0.29) is 11.1 Å². The number of hydrogen-bond acceptors (Lipinski definition) is 3. The lowest BCUT2D eigenvalue weighted by molar-refractivity contribution is -0.113. The second-order valence-corrected chi connectivity index (χ2v) is 8.87. The van der Waals surface area contributed by atoms with Crippen LogP contribution in [0.5, 0.6) is 0 Å². The lowest BCUT2D eigenvalue weighted by Crippen LogP contribution is -2.27. The predicted octanol–water partition coefficient (Wildman–Crippen LogP) is 6.61. The van der Waals surface area contributed by atoms with Crippen molar-refractivity contribution in [3.8, 4) is 5.69 Å². The Hall–Kier alpha value is -2.76. The van der Waals surface area contributed by atoms with Crippen molar-refractivity contribution < 1.29 is 9.59 Å². The summed E-state index contributed by atoms with van der Waals surface area (Å²) in [7, 11) is 0. The molecule has 152 valence electrons. The minimum Gasteiger partial charge on any atom is -0.318 e. The van der Waals surface area contributed by atoms with Gasteiger partial charge in [0.15, 0.2) is 0 Å². The average molecular weight is 437 g/mol. The van der Waals surface area contributed by atoms with Gasteiger partial charge in [0.25, 0.3) is 11.1 Å². The minimum atomic E-state index is -0.316. The molecule has 1 aromatic heterocycles. The molecule has 30 heavy (non-hydrogen) atoms. The molecule has 0 saturated carbocycles. The van der Waals surface area contributed by atoms with E-state index in [9.17, 15) is 9.59 Å². The number of benzene rings is 2. The first kappa shape index (κ1) is 20.5. The standard InChI is InChI=1S/C24H21ClN2O2S/c1-14-5-10-21(15(2)11-14)26-16(3)12-18(17(26)4)13-22-23(28)27(24(29)30-22)20-8-6-19(25)7-9-20/h5-13H,1-4H3/b22-13-. The third-order valence-electron chi connectivity index (χ3n) is 5.23. The van der Waals surface area contributed by atoms with E-state index in [2.05, 4.69) is 36.6 Å². The van der Waals surface area contributed by atoms with Crippen LogP contribution in [0.25, 0.3) is 11.8 Å². The van der Waals surface area contributed by atoms with Crippen molar-refractivity contribution >= 4 is 46.3 Å². The number of anilines is 1. The summed E-state index contributed by atoms with van der Waals surface area (Å²) < 4.78 is 2.18. The Morgan fingerprint density at radius 2 is 1.63 bits per heavy atom. The van der Waals surface area contributed by atoms with Crippen LogP contribution in [-0.2, 0) is 4.79 Å². The van der Waals surface area contributed by atoms with Crippen molar-refractivity contribution in [2.45, 2.75) is 27.7 Å². The zero-order valence-electron chi connectivity index (χ0n) is 17.2. The van der Waals surface area contributed by atoms with Crippen molar-refractivity contribution in [1.82, 2.24) is 4.57 Å². The molecule has 2 amide bonds. The fourth-order valence-electron chi connectivity index (χ4n) is 3.78. The number of carbonyl (C=O) groups is 2. The molecule has 0 unspecified atom stereocenters. The van der Waals surface area contributed by atoms with E-state index in [1.54, 1.807) is 24.3 Å². The zero-order chi connectivity index (χ0) is 21.6. The Balaban J connectivity index is 1.71. The van der Waals surface area contributed by atoms with Crippen LogP contribution in [0.3, 0.4) is 0 Å². The Labute approximate surface area is 185 Å². The molecule has 1 fully saturated rings. The summed E-state index contributed by atoms with van der Waals surface area (Å²) >= 11 is 6.88. The predicted molar refractivity (Wildman–Crippen MR) is 125 cm³/mol. The maximum Gasteiger partial charge on any atom is 0.298 e. The van der Waals surface area contributed by atoms with Crippen molar-refractivity contribution in [2.75, 3.05) is 4.90 Å². The van der Waals surface area contributed by atoms with E-state index >= 15 is 0 Å². The second-order valence-electron chi connectivity index (χ2n) is 7.45. The van der Waals surface area contributed by atoms with E-state index < -0.39 is 0 Å². The monoisotopic (exact) mass is 436 g/mol. The smallest absolute Gasteiger partial charge is 0.298 e. The fraction of sp³-hybridized carbons (Fsp3) is 0.167. The fourth-order valence-corrected chi connectivity index (χ4v) is 4.74. The zero-order valence-corrected chi connectivity index (χ0v) is 18.8. The molecule has 1 saturated heterocycles. The van der Waals surface area contributed by atoms with Gasteiger partial charge < -0.3 is 4.57 Å². The molecule has 4 nitrogen and oxygen atoms in total. The summed E-state index contributed by atoms with van der Waals surface area (Å²) in [6, 6.07) is 15.1. The number of halogens is 1. The summed E-state index contributed by atoms with van der Waals surface area (Å²) in [4.78, 5) is 27.1. The van der Waals surface area contributed by atoms with E-state index in [0.29, 0.717) is 15.6 Å². The molecule has 3 aromatic rings. The first-order chi connectivity index (χ1) is 14.3. The van der Waals surface area contributed by atoms with Crippen LogP contribution in [0.15, 0.2) is 53.4 Å². The van der Waals surface area contributed by atoms with Crippen LogP contribution in [0.2, 0.25) is 5.02 Å². The Kier molecular flexibility index (Phi) is 5.35.